The number of rotatable bonds is 3. The zero-order valence-corrected chi connectivity index (χ0v) is 11.7. The lowest BCUT2D eigenvalue weighted by Gasteiger charge is -2.29. The molecular formula is C13H25ClN2O2. The minimum Gasteiger partial charge on any atom is -0.393 e. The van der Waals surface area contributed by atoms with Gasteiger partial charge in [0.1, 0.15) is 0 Å². The molecule has 2 fully saturated rings. The van der Waals surface area contributed by atoms with E-state index in [-0.39, 0.29) is 36.3 Å². The first-order valence-electron chi connectivity index (χ1n) is 6.94. The van der Waals surface area contributed by atoms with Crippen LogP contribution in [0.4, 0.5) is 0 Å². The molecule has 0 radical (unpaired) electrons. The lowest BCUT2D eigenvalue weighted by Crippen LogP contribution is -2.43. The van der Waals surface area contributed by atoms with Crippen LogP contribution in [0.1, 0.15) is 38.5 Å². The van der Waals surface area contributed by atoms with Crippen LogP contribution in [-0.4, -0.2) is 36.8 Å². The Labute approximate surface area is 115 Å². The fourth-order valence-corrected chi connectivity index (χ4v) is 2.88. The smallest absolute Gasteiger partial charge is 0.224 e. The van der Waals surface area contributed by atoms with Crippen molar-refractivity contribution < 1.29 is 9.90 Å². The van der Waals surface area contributed by atoms with Gasteiger partial charge in [-0.1, -0.05) is 12.8 Å². The number of halogens is 1. The van der Waals surface area contributed by atoms with Crippen molar-refractivity contribution in [3.8, 4) is 0 Å². The molecule has 0 aromatic rings. The van der Waals surface area contributed by atoms with Gasteiger partial charge in [-0.2, -0.15) is 0 Å². The number of aliphatic hydroxyl groups excluding tert-OH is 1. The van der Waals surface area contributed by atoms with Crippen LogP contribution in [0, 0.1) is 11.8 Å². The maximum Gasteiger partial charge on any atom is 0.224 e. The van der Waals surface area contributed by atoms with E-state index < -0.39 is 0 Å². The van der Waals surface area contributed by atoms with Gasteiger partial charge in [0.25, 0.3) is 0 Å². The van der Waals surface area contributed by atoms with Gasteiger partial charge in [-0.05, 0) is 32.2 Å². The number of carbonyl (C=O) groups excluding carboxylic acids is 1. The van der Waals surface area contributed by atoms with Gasteiger partial charge in [0, 0.05) is 19.0 Å². The third-order valence-electron chi connectivity index (χ3n) is 4.08. The molecule has 1 saturated heterocycles. The molecule has 1 heterocycles. The molecule has 1 saturated carbocycles. The molecule has 3 atom stereocenters. The van der Waals surface area contributed by atoms with Gasteiger partial charge in [0.15, 0.2) is 0 Å². The van der Waals surface area contributed by atoms with Gasteiger partial charge in [0.2, 0.25) is 5.91 Å². The second-order valence-corrected chi connectivity index (χ2v) is 5.40. The van der Waals surface area contributed by atoms with Crippen molar-refractivity contribution in [1.29, 1.82) is 0 Å². The first kappa shape index (κ1) is 15.7. The Balaban J connectivity index is 0.00000162. The SMILES string of the molecule is Cl.O=C(NCC1CCCCC1O)C1CCCNC1. The maximum atomic E-state index is 11.9. The highest BCUT2D eigenvalue weighted by molar-refractivity contribution is 5.85. The Morgan fingerprint density at radius 3 is 2.67 bits per heavy atom. The summed E-state index contributed by atoms with van der Waals surface area (Å²) in [5.41, 5.74) is 0. The highest BCUT2D eigenvalue weighted by Gasteiger charge is 2.25. The van der Waals surface area contributed by atoms with Crippen molar-refractivity contribution in [1.82, 2.24) is 10.6 Å². The molecule has 1 amide bonds. The molecule has 0 aromatic carbocycles. The fraction of sp³-hybridized carbons (Fsp3) is 0.923. The molecular weight excluding hydrogens is 252 g/mol. The highest BCUT2D eigenvalue weighted by Crippen LogP contribution is 2.23. The van der Waals surface area contributed by atoms with Crippen LogP contribution in [0.2, 0.25) is 0 Å². The van der Waals surface area contributed by atoms with Crippen LogP contribution in [0.5, 0.6) is 0 Å². The summed E-state index contributed by atoms with van der Waals surface area (Å²) in [6.07, 6.45) is 6.11. The summed E-state index contributed by atoms with van der Waals surface area (Å²) >= 11 is 0. The number of nitrogens with one attached hydrogen (secondary N) is 2. The molecule has 5 heteroatoms. The van der Waals surface area contributed by atoms with E-state index in [2.05, 4.69) is 10.6 Å². The average molecular weight is 277 g/mol. The van der Waals surface area contributed by atoms with E-state index in [9.17, 15) is 9.90 Å². The number of carbonyl (C=O) groups is 1. The second kappa shape index (κ2) is 7.97. The third-order valence-corrected chi connectivity index (χ3v) is 4.08. The van der Waals surface area contributed by atoms with Gasteiger partial charge in [-0.3, -0.25) is 4.79 Å². The second-order valence-electron chi connectivity index (χ2n) is 5.40. The van der Waals surface area contributed by atoms with Crippen LogP contribution in [-0.2, 0) is 4.79 Å². The molecule has 1 aliphatic heterocycles. The number of amides is 1. The van der Waals surface area contributed by atoms with E-state index in [1.807, 2.05) is 0 Å². The van der Waals surface area contributed by atoms with Crippen molar-refractivity contribution in [3.63, 3.8) is 0 Å². The molecule has 2 aliphatic rings. The molecule has 3 unspecified atom stereocenters. The number of hydrogen-bond acceptors (Lipinski definition) is 3. The number of hydrogen-bond donors (Lipinski definition) is 3. The summed E-state index contributed by atoms with van der Waals surface area (Å²) in [7, 11) is 0. The molecule has 106 valence electrons. The fourth-order valence-electron chi connectivity index (χ4n) is 2.88. The van der Waals surface area contributed by atoms with Gasteiger partial charge in [-0.15, -0.1) is 12.4 Å². The maximum absolute atomic E-state index is 11.9. The number of piperidine rings is 1. The van der Waals surface area contributed by atoms with Crippen LogP contribution >= 0.6 is 12.4 Å². The Hall–Kier alpha value is -0.320. The standard InChI is InChI=1S/C13H24N2O2.ClH/c16-12-6-2-1-4-10(12)9-15-13(17)11-5-3-7-14-8-11;/h10-12,14,16H,1-9H2,(H,15,17);1H. The van der Waals surface area contributed by atoms with Crippen molar-refractivity contribution in [3.05, 3.63) is 0 Å². The third kappa shape index (κ3) is 4.41. The molecule has 0 aromatic heterocycles. The largest absolute Gasteiger partial charge is 0.393 e. The van der Waals surface area contributed by atoms with Gasteiger partial charge in [0.05, 0.1) is 12.0 Å². The van der Waals surface area contributed by atoms with Crippen molar-refractivity contribution in [2.45, 2.75) is 44.6 Å². The average Bonchev–Trinajstić information content (AvgIpc) is 2.38. The number of aliphatic hydroxyl groups is 1. The Bertz CT molecular complexity index is 257. The summed E-state index contributed by atoms with van der Waals surface area (Å²) in [6.45, 7) is 2.49. The lowest BCUT2D eigenvalue weighted by atomic mass is 9.86. The summed E-state index contributed by atoms with van der Waals surface area (Å²) in [6, 6.07) is 0. The Kier molecular flexibility index (Phi) is 6.97. The van der Waals surface area contributed by atoms with Crippen LogP contribution < -0.4 is 10.6 Å². The van der Waals surface area contributed by atoms with Crippen LogP contribution in [0.3, 0.4) is 0 Å². The van der Waals surface area contributed by atoms with Crippen molar-refractivity contribution in [2.75, 3.05) is 19.6 Å². The molecule has 18 heavy (non-hydrogen) atoms. The summed E-state index contributed by atoms with van der Waals surface area (Å²) < 4.78 is 0. The minimum atomic E-state index is -0.214. The van der Waals surface area contributed by atoms with Gasteiger partial charge < -0.3 is 15.7 Å². The van der Waals surface area contributed by atoms with E-state index in [1.165, 1.54) is 6.42 Å². The monoisotopic (exact) mass is 276 g/mol. The molecule has 0 bridgehead atoms. The Morgan fingerprint density at radius 2 is 2.00 bits per heavy atom. The topological polar surface area (TPSA) is 61.4 Å². The first-order chi connectivity index (χ1) is 8.27. The molecule has 0 spiro atoms. The molecule has 1 aliphatic carbocycles. The van der Waals surface area contributed by atoms with E-state index in [0.717, 1.165) is 45.2 Å². The summed E-state index contributed by atoms with van der Waals surface area (Å²) in [4.78, 5) is 11.9. The summed E-state index contributed by atoms with van der Waals surface area (Å²) in [5.74, 6) is 0.559. The predicted octanol–water partition coefficient (Wildman–Crippen LogP) is 1.08. The van der Waals surface area contributed by atoms with E-state index >= 15 is 0 Å². The molecule has 3 N–H and O–H groups in total. The highest BCUT2D eigenvalue weighted by atomic mass is 35.5. The zero-order valence-electron chi connectivity index (χ0n) is 10.9. The lowest BCUT2D eigenvalue weighted by molar-refractivity contribution is -0.125. The molecule has 4 nitrogen and oxygen atoms in total. The normalized spacial score (nSPS) is 32.4. The molecule has 2 rings (SSSR count). The van der Waals surface area contributed by atoms with Crippen molar-refractivity contribution in [2.24, 2.45) is 11.8 Å². The van der Waals surface area contributed by atoms with Crippen LogP contribution in [0.15, 0.2) is 0 Å². The minimum absolute atomic E-state index is 0. The van der Waals surface area contributed by atoms with Crippen LogP contribution in [0.25, 0.3) is 0 Å². The van der Waals surface area contributed by atoms with Crippen molar-refractivity contribution >= 4 is 18.3 Å². The predicted molar refractivity (Wildman–Crippen MR) is 73.8 cm³/mol. The Morgan fingerprint density at radius 1 is 1.22 bits per heavy atom. The zero-order chi connectivity index (χ0) is 12.1. The summed E-state index contributed by atoms with van der Waals surface area (Å²) in [5, 5.41) is 16.1. The van der Waals surface area contributed by atoms with E-state index in [0.29, 0.717) is 6.54 Å². The van der Waals surface area contributed by atoms with Gasteiger partial charge in [-0.25, -0.2) is 0 Å². The van der Waals surface area contributed by atoms with E-state index in [4.69, 9.17) is 0 Å². The van der Waals surface area contributed by atoms with E-state index in [1.54, 1.807) is 0 Å². The first-order valence-corrected chi connectivity index (χ1v) is 6.94. The van der Waals surface area contributed by atoms with Gasteiger partial charge >= 0.3 is 0 Å². The quantitative estimate of drug-likeness (QED) is 0.723.